The number of hydrogen-bond donors (Lipinski definition) is 2. The first-order chi connectivity index (χ1) is 8.58. The van der Waals surface area contributed by atoms with Crippen LogP contribution in [0, 0.1) is 12.8 Å². The summed E-state index contributed by atoms with van der Waals surface area (Å²) in [6.45, 7) is 2.79. The number of aromatic carboxylic acids is 1. The number of carboxylic acid groups (broad SMARTS) is 1. The van der Waals surface area contributed by atoms with Crippen LogP contribution in [0.25, 0.3) is 0 Å². The van der Waals surface area contributed by atoms with E-state index >= 15 is 0 Å². The van der Waals surface area contributed by atoms with E-state index in [0.29, 0.717) is 5.56 Å². The van der Waals surface area contributed by atoms with Crippen molar-refractivity contribution in [2.24, 2.45) is 5.92 Å². The SMILES string of the molecule is Cc1c(NCC2CCCC2)cc(Br)cc1C(=O)O. The summed E-state index contributed by atoms with van der Waals surface area (Å²) in [7, 11) is 0. The molecule has 1 aliphatic rings. The summed E-state index contributed by atoms with van der Waals surface area (Å²) in [6, 6.07) is 3.61. The quantitative estimate of drug-likeness (QED) is 0.881. The van der Waals surface area contributed by atoms with Crippen LogP contribution in [0.5, 0.6) is 0 Å². The first kappa shape index (κ1) is 13.4. The highest BCUT2D eigenvalue weighted by atomic mass is 79.9. The second-order valence-corrected chi connectivity index (χ2v) is 5.88. The van der Waals surface area contributed by atoms with E-state index in [1.165, 1.54) is 25.7 Å². The molecule has 98 valence electrons. The Bertz CT molecular complexity index is 453. The van der Waals surface area contributed by atoms with Crippen LogP contribution in [0.2, 0.25) is 0 Å². The van der Waals surface area contributed by atoms with Crippen LogP contribution in [0.15, 0.2) is 16.6 Å². The lowest BCUT2D eigenvalue weighted by Crippen LogP contribution is -2.13. The summed E-state index contributed by atoms with van der Waals surface area (Å²) in [5.74, 6) is -0.144. The zero-order valence-electron chi connectivity index (χ0n) is 10.5. The molecule has 0 bridgehead atoms. The molecule has 0 saturated heterocycles. The Morgan fingerprint density at radius 3 is 2.72 bits per heavy atom. The van der Waals surface area contributed by atoms with Gasteiger partial charge < -0.3 is 10.4 Å². The first-order valence-electron chi connectivity index (χ1n) is 6.35. The van der Waals surface area contributed by atoms with Gasteiger partial charge in [0, 0.05) is 16.7 Å². The zero-order valence-corrected chi connectivity index (χ0v) is 12.1. The van der Waals surface area contributed by atoms with Gasteiger partial charge in [0.15, 0.2) is 0 Å². The third-order valence-corrected chi connectivity index (χ3v) is 4.12. The Kier molecular flexibility index (Phi) is 4.27. The molecule has 1 fully saturated rings. The number of nitrogens with one attached hydrogen (secondary N) is 1. The number of halogens is 1. The Balaban J connectivity index is 2.13. The Morgan fingerprint density at radius 2 is 2.11 bits per heavy atom. The van der Waals surface area contributed by atoms with Crippen molar-refractivity contribution in [3.05, 3.63) is 27.7 Å². The second-order valence-electron chi connectivity index (χ2n) is 4.96. The number of carboxylic acids is 1. The number of rotatable bonds is 4. The highest BCUT2D eigenvalue weighted by molar-refractivity contribution is 9.10. The van der Waals surface area contributed by atoms with Gasteiger partial charge in [-0.05, 0) is 43.4 Å². The van der Waals surface area contributed by atoms with E-state index in [1.54, 1.807) is 6.07 Å². The van der Waals surface area contributed by atoms with Crippen LogP contribution in [0.3, 0.4) is 0 Å². The maximum absolute atomic E-state index is 11.1. The van der Waals surface area contributed by atoms with Gasteiger partial charge in [-0.25, -0.2) is 4.79 Å². The molecule has 1 saturated carbocycles. The van der Waals surface area contributed by atoms with Gasteiger partial charge in [-0.2, -0.15) is 0 Å². The van der Waals surface area contributed by atoms with Crippen LogP contribution in [0.1, 0.15) is 41.6 Å². The summed E-state index contributed by atoms with van der Waals surface area (Å²) in [4.78, 5) is 11.1. The molecule has 0 spiro atoms. The minimum Gasteiger partial charge on any atom is -0.478 e. The largest absolute Gasteiger partial charge is 0.478 e. The van der Waals surface area contributed by atoms with E-state index in [4.69, 9.17) is 5.11 Å². The highest BCUT2D eigenvalue weighted by Gasteiger charge is 2.16. The van der Waals surface area contributed by atoms with E-state index < -0.39 is 5.97 Å². The third-order valence-electron chi connectivity index (χ3n) is 3.66. The van der Waals surface area contributed by atoms with Crippen LogP contribution in [-0.2, 0) is 0 Å². The Hall–Kier alpha value is -1.03. The minimum atomic E-state index is -0.877. The summed E-state index contributed by atoms with van der Waals surface area (Å²) in [5.41, 5.74) is 2.09. The van der Waals surface area contributed by atoms with E-state index in [-0.39, 0.29) is 0 Å². The van der Waals surface area contributed by atoms with Crippen molar-refractivity contribution in [3.63, 3.8) is 0 Å². The molecule has 1 aromatic carbocycles. The first-order valence-corrected chi connectivity index (χ1v) is 7.14. The van der Waals surface area contributed by atoms with Crippen LogP contribution in [0.4, 0.5) is 5.69 Å². The number of carbonyl (C=O) groups is 1. The van der Waals surface area contributed by atoms with Crippen molar-refractivity contribution in [3.8, 4) is 0 Å². The van der Waals surface area contributed by atoms with Crippen molar-refractivity contribution in [2.45, 2.75) is 32.6 Å². The van der Waals surface area contributed by atoms with Crippen molar-refractivity contribution in [1.29, 1.82) is 0 Å². The van der Waals surface area contributed by atoms with Crippen molar-refractivity contribution in [1.82, 2.24) is 0 Å². The molecule has 0 amide bonds. The van der Waals surface area contributed by atoms with Gasteiger partial charge in [-0.15, -0.1) is 0 Å². The van der Waals surface area contributed by atoms with Crippen molar-refractivity contribution in [2.75, 3.05) is 11.9 Å². The van der Waals surface area contributed by atoms with Crippen molar-refractivity contribution < 1.29 is 9.90 Å². The maximum Gasteiger partial charge on any atom is 0.336 e. The normalized spacial score (nSPS) is 15.9. The standard InChI is InChI=1S/C14H18BrNO2/c1-9-12(14(17)18)6-11(15)7-13(9)16-8-10-4-2-3-5-10/h6-7,10,16H,2-5,8H2,1H3,(H,17,18). The topological polar surface area (TPSA) is 49.3 Å². The Morgan fingerprint density at radius 1 is 1.44 bits per heavy atom. The lowest BCUT2D eigenvalue weighted by Gasteiger charge is -2.15. The molecular weight excluding hydrogens is 294 g/mol. The average Bonchev–Trinajstić information content (AvgIpc) is 2.82. The van der Waals surface area contributed by atoms with E-state index in [0.717, 1.165) is 28.2 Å². The van der Waals surface area contributed by atoms with Crippen LogP contribution >= 0.6 is 15.9 Å². The average molecular weight is 312 g/mol. The Labute approximate surface area is 116 Å². The van der Waals surface area contributed by atoms with E-state index in [1.807, 2.05) is 13.0 Å². The summed E-state index contributed by atoms with van der Waals surface area (Å²) in [6.07, 6.45) is 5.21. The predicted molar refractivity (Wildman–Crippen MR) is 76.3 cm³/mol. The van der Waals surface area contributed by atoms with Gasteiger partial charge in [0.25, 0.3) is 0 Å². The van der Waals surface area contributed by atoms with Crippen molar-refractivity contribution >= 4 is 27.6 Å². The maximum atomic E-state index is 11.1. The molecule has 0 radical (unpaired) electrons. The summed E-state index contributed by atoms with van der Waals surface area (Å²) in [5, 5.41) is 12.5. The predicted octanol–water partition coefficient (Wildman–Crippen LogP) is 4.06. The molecule has 0 heterocycles. The minimum absolute atomic E-state index is 0.360. The monoisotopic (exact) mass is 311 g/mol. The van der Waals surface area contributed by atoms with Crippen LogP contribution < -0.4 is 5.32 Å². The lowest BCUT2D eigenvalue weighted by atomic mass is 10.1. The van der Waals surface area contributed by atoms with Gasteiger partial charge in [0.05, 0.1) is 5.56 Å². The molecule has 0 atom stereocenters. The molecule has 1 aliphatic carbocycles. The fourth-order valence-corrected chi connectivity index (χ4v) is 3.01. The molecule has 0 aromatic heterocycles. The molecule has 3 nitrogen and oxygen atoms in total. The molecule has 2 N–H and O–H groups in total. The van der Waals surface area contributed by atoms with Gasteiger partial charge in [-0.1, -0.05) is 28.8 Å². The fourth-order valence-electron chi connectivity index (χ4n) is 2.55. The van der Waals surface area contributed by atoms with Crippen LogP contribution in [-0.4, -0.2) is 17.6 Å². The van der Waals surface area contributed by atoms with Gasteiger partial charge >= 0.3 is 5.97 Å². The smallest absolute Gasteiger partial charge is 0.336 e. The highest BCUT2D eigenvalue weighted by Crippen LogP contribution is 2.28. The number of anilines is 1. The molecular formula is C14H18BrNO2. The number of benzene rings is 1. The zero-order chi connectivity index (χ0) is 13.1. The number of hydrogen-bond acceptors (Lipinski definition) is 2. The molecule has 2 rings (SSSR count). The molecule has 0 unspecified atom stereocenters. The lowest BCUT2D eigenvalue weighted by molar-refractivity contribution is 0.0696. The molecule has 0 aliphatic heterocycles. The second kappa shape index (κ2) is 5.74. The summed E-state index contributed by atoms with van der Waals surface area (Å²) < 4.78 is 0.805. The van der Waals surface area contributed by atoms with E-state index in [9.17, 15) is 4.79 Å². The summed E-state index contributed by atoms with van der Waals surface area (Å²) >= 11 is 3.37. The van der Waals surface area contributed by atoms with Gasteiger partial charge in [0.2, 0.25) is 0 Å². The fraction of sp³-hybridized carbons (Fsp3) is 0.500. The van der Waals surface area contributed by atoms with Gasteiger partial charge in [-0.3, -0.25) is 0 Å². The van der Waals surface area contributed by atoms with E-state index in [2.05, 4.69) is 21.2 Å². The molecule has 1 aromatic rings. The molecule has 18 heavy (non-hydrogen) atoms. The van der Waals surface area contributed by atoms with Gasteiger partial charge in [0.1, 0.15) is 0 Å². The molecule has 4 heteroatoms. The third kappa shape index (κ3) is 3.05.